The third-order valence-electron chi connectivity index (χ3n) is 6.21. The van der Waals surface area contributed by atoms with E-state index < -0.39 is 11.4 Å². The number of benzene rings is 2. The molecule has 4 aromatic rings. The summed E-state index contributed by atoms with van der Waals surface area (Å²) in [6.07, 6.45) is 2.23. The molecule has 0 saturated carbocycles. The van der Waals surface area contributed by atoms with Gasteiger partial charge in [0.25, 0.3) is 11.8 Å². The van der Waals surface area contributed by atoms with Crippen molar-refractivity contribution in [2.75, 3.05) is 6.54 Å². The smallest absolute Gasteiger partial charge is 0.254 e. The van der Waals surface area contributed by atoms with Crippen LogP contribution in [0.5, 0.6) is 0 Å². The van der Waals surface area contributed by atoms with Crippen LogP contribution >= 0.6 is 11.3 Å². The molecule has 2 aromatic heterocycles. The van der Waals surface area contributed by atoms with Crippen LogP contribution in [0.3, 0.4) is 0 Å². The fourth-order valence-electron chi connectivity index (χ4n) is 4.44. The normalized spacial score (nSPS) is 17.5. The van der Waals surface area contributed by atoms with Crippen LogP contribution in [0.25, 0.3) is 11.5 Å². The maximum atomic E-state index is 14.8. The fourth-order valence-corrected chi connectivity index (χ4v) is 5.38. The number of carbonyl (C=O) groups is 1. The van der Waals surface area contributed by atoms with Gasteiger partial charge in [-0.25, -0.2) is 9.37 Å². The van der Waals surface area contributed by atoms with E-state index in [0.717, 1.165) is 29.1 Å². The van der Waals surface area contributed by atoms with Crippen molar-refractivity contribution in [3.05, 3.63) is 87.4 Å². The third-order valence-corrected chi connectivity index (χ3v) is 7.27. The summed E-state index contributed by atoms with van der Waals surface area (Å²) in [5, 5.41) is 11.1. The van der Waals surface area contributed by atoms with Gasteiger partial charge in [-0.15, -0.1) is 21.5 Å². The van der Waals surface area contributed by atoms with E-state index in [1.54, 1.807) is 18.3 Å². The molecular formula is C26H26FN5O2S. The third kappa shape index (κ3) is 4.74. The Bertz CT molecular complexity index is 1350. The molecule has 9 heteroatoms. The molecule has 1 aliphatic rings. The van der Waals surface area contributed by atoms with Crippen molar-refractivity contribution in [2.45, 2.75) is 44.7 Å². The van der Waals surface area contributed by atoms with Gasteiger partial charge in [0, 0.05) is 23.2 Å². The molecule has 0 radical (unpaired) electrons. The van der Waals surface area contributed by atoms with Gasteiger partial charge in [0.2, 0.25) is 5.89 Å². The molecule has 0 aliphatic carbocycles. The highest BCUT2D eigenvalue weighted by molar-refractivity contribution is 7.09. The predicted octanol–water partition coefficient (Wildman–Crippen LogP) is 5.03. The second-order valence-electron chi connectivity index (χ2n) is 9.17. The Kier molecular flexibility index (Phi) is 6.21. The number of carbonyl (C=O) groups excluding carboxylic acids is 1. The van der Waals surface area contributed by atoms with E-state index in [2.05, 4.69) is 15.2 Å². The summed E-state index contributed by atoms with van der Waals surface area (Å²) < 4.78 is 20.6. The summed E-state index contributed by atoms with van der Waals surface area (Å²) in [6, 6.07) is 13.9. The van der Waals surface area contributed by atoms with Gasteiger partial charge in [0.15, 0.2) is 0 Å². The van der Waals surface area contributed by atoms with Crippen LogP contribution < -0.4 is 5.73 Å². The molecule has 1 fully saturated rings. The van der Waals surface area contributed by atoms with Crippen molar-refractivity contribution >= 4 is 17.2 Å². The minimum Gasteiger partial charge on any atom is -0.419 e. The van der Waals surface area contributed by atoms with E-state index >= 15 is 0 Å². The number of aryl methyl sites for hydroxylation is 1. The van der Waals surface area contributed by atoms with Crippen molar-refractivity contribution < 1.29 is 13.6 Å². The van der Waals surface area contributed by atoms with Gasteiger partial charge in [-0.1, -0.05) is 30.3 Å². The predicted molar refractivity (Wildman–Crippen MR) is 131 cm³/mol. The zero-order valence-corrected chi connectivity index (χ0v) is 20.4. The van der Waals surface area contributed by atoms with Crippen LogP contribution in [0.1, 0.15) is 58.3 Å². The molecule has 0 bridgehead atoms. The zero-order valence-electron chi connectivity index (χ0n) is 19.6. The molecule has 2 N–H and O–H groups in total. The van der Waals surface area contributed by atoms with Gasteiger partial charge in [0.05, 0.1) is 17.1 Å². The Balaban J connectivity index is 1.40. The van der Waals surface area contributed by atoms with E-state index in [0.29, 0.717) is 18.5 Å². The van der Waals surface area contributed by atoms with E-state index in [1.807, 2.05) is 47.5 Å². The number of halogens is 1. The van der Waals surface area contributed by atoms with Crippen molar-refractivity contribution in [2.24, 2.45) is 5.73 Å². The molecule has 3 heterocycles. The highest BCUT2D eigenvalue weighted by atomic mass is 32.1. The highest BCUT2D eigenvalue weighted by Gasteiger charge is 2.33. The number of hydrogen-bond acceptors (Lipinski definition) is 7. The molecule has 1 amide bonds. The quantitative estimate of drug-likeness (QED) is 0.406. The number of likely N-dealkylation sites (tertiary alicyclic amines) is 1. The van der Waals surface area contributed by atoms with E-state index in [-0.39, 0.29) is 29.3 Å². The Morgan fingerprint density at radius 1 is 1.26 bits per heavy atom. The summed E-state index contributed by atoms with van der Waals surface area (Å²) in [5.41, 5.74) is 7.94. The van der Waals surface area contributed by atoms with Crippen LogP contribution in [0.2, 0.25) is 0 Å². The van der Waals surface area contributed by atoms with Gasteiger partial charge in [-0.3, -0.25) is 4.79 Å². The second kappa shape index (κ2) is 9.31. The summed E-state index contributed by atoms with van der Waals surface area (Å²) in [4.78, 5) is 19.8. The van der Waals surface area contributed by atoms with Crippen LogP contribution in [-0.4, -0.2) is 32.5 Å². The first-order chi connectivity index (χ1) is 16.8. The lowest BCUT2D eigenvalue weighted by atomic mass is 9.94. The fraction of sp³-hybridized carbons (Fsp3) is 0.308. The van der Waals surface area contributed by atoms with Crippen LogP contribution in [0, 0.1) is 12.7 Å². The molecule has 1 aliphatic heterocycles. The minimum absolute atomic E-state index is 0.00888. The molecule has 5 rings (SSSR count). The maximum absolute atomic E-state index is 14.8. The number of aromatic nitrogens is 3. The number of rotatable bonds is 6. The average Bonchev–Trinajstić information content (AvgIpc) is 3.60. The highest BCUT2D eigenvalue weighted by Crippen LogP contribution is 2.35. The summed E-state index contributed by atoms with van der Waals surface area (Å²) in [5.74, 6) is -0.530. The average molecular weight is 492 g/mol. The molecule has 0 spiro atoms. The Morgan fingerprint density at radius 3 is 2.80 bits per heavy atom. The second-order valence-corrected chi connectivity index (χ2v) is 10.1. The molecule has 2 aromatic carbocycles. The lowest BCUT2D eigenvalue weighted by Crippen LogP contribution is -2.35. The first-order valence-electron chi connectivity index (χ1n) is 11.5. The monoisotopic (exact) mass is 491 g/mol. The van der Waals surface area contributed by atoms with Crippen LogP contribution in [0.4, 0.5) is 4.39 Å². The standard InChI is InChI=1S/C26H26FN5O2S/c1-16-15-35-23(29-16)21-9-6-12-32(21)24(33)18-10-11-20(27)19(13-18)22-30-31-25(34-22)26(2,28)14-17-7-4-3-5-8-17/h3-5,7-8,10-11,13,15,21H,6,9,12,14,28H2,1-2H3. The van der Waals surface area contributed by atoms with Crippen molar-refractivity contribution in [3.63, 3.8) is 0 Å². The lowest BCUT2D eigenvalue weighted by molar-refractivity contribution is 0.0735. The van der Waals surface area contributed by atoms with Gasteiger partial charge in [-0.05, 0) is 56.9 Å². The van der Waals surface area contributed by atoms with Crippen molar-refractivity contribution in [1.82, 2.24) is 20.1 Å². The molecule has 2 atom stereocenters. The number of nitrogens with zero attached hydrogens (tertiary/aromatic N) is 4. The number of amides is 1. The van der Waals surface area contributed by atoms with Crippen LogP contribution in [0.15, 0.2) is 58.3 Å². The molecular weight excluding hydrogens is 465 g/mol. The van der Waals surface area contributed by atoms with Gasteiger partial charge >= 0.3 is 0 Å². The van der Waals surface area contributed by atoms with Gasteiger partial charge in [-0.2, -0.15) is 0 Å². The number of nitrogens with two attached hydrogens (primary N) is 1. The van der Waals surface area contributed by atoms with E-state index in [9.17, 15) is 9.18 Å². The van der Waals surface area contributed by atoms with Gasteiger partial charge < -0.3 is 15.1 Å². The van der Waals surface area contributed by atoms with Crippen LogP contribution in [-0.2, 0) is 12.0 Å². The Hall–Kier alpha value is -3.43. The Morgan fingerprint density at radius 2 is 2.06 bits per heavy atom. The molecule has 7 nitrogen and oxygen atoms in total. The van der Waals surface area contributed by atoms with Gasteiger partial charge in [0.1, 0.15) is 10.8 Å². The van der Waals surface area contributed by atoms with E-state index in [1.165, 1.54) is 18.2 Å². The zero-order chi connectivity index (χ0) is 24.6. The first kappa shape index (κ1) is 23.3. The van der Waals surface area contributed by atoms with Crippen molar-refractivity contribution in [1.29, 1.82) is 0 Å². The largest absolute Gasteiger partial charge is 0.419 e. The molecule has 35 heavy (non-hydrogen) atoms. The molecule has 2 unspecified atom stereocenters. The topological polar surface area (TPSA) is 98.1 Å². The number of thiazole rings is 1. The van der Waals surface area contributed by atoms with E-state index in [4.69, 9.17) is 10.2 Å². The summed E-state index contributed by atoms with van der Waals surface area (Å²) in [6.45, 7) is 4.37. The lowest BCUT2D eigenvalue weighted by Gasteiger charge is -2.23. The molecule has 180 valence electrons. The van der Waals surface area contributed by atoms with Crippen molar-refractivity contribution in [3.8, 4) is 11.5 Å². The molecule has 1 saturated heterocycles. The minimum atomic E-state index is -0.939. The Labute approximate surface area is 206 Å². The summed E-state index contributed by atoms with van der Waals surface area (Å²) in [7, 11) is 0. The SMILES string of the molecule is Cc1csc(C2CCCN2C(=O)c2ccc(F)c(-c3nnc(C(C)(N)Cc4ccccc4)o3)c2)n1. The maximum Gasteiger partial charge on any atom is 0.254 e. The number of hydrogen-bond donors (Lipinski definition) is 1. The first-order valence-corrected chi connectivity index (χ1v) is 12.4. The summed E-state index contributed by atoms with van der Waals surface area (Å²) >= 11 is 1.56.